The highest BCUT2D eigenvalue weighted by Crippen LogP contribution is 2.37. The van der Waals surface area contributed by atoms with E-state index in [1.54, 1.807) is 12.1 Å². The first-order chi connectivity index (χ1) is 10.2. The Labute approximate surface area is 128 Å². The van der Waals surface area contributed by atoms with E-state index in [9.17, 15) is 4.79 Å². The van der Waals surface area contributed by atoms with Crippen LogP contribution < -0.4 is 5.46 Å². The molecular formula is C15H18BNO5. The molecule has 1 aliphatic rings. The number of aromatic nitrogens is 1. The van der Waals surface area contributed by atoms with Crippen molar-refractivity contribution in [1.82, 2.24) is 4.98 Å². The third-order valence-electron chi connectivity index (χ3n) is 4.39. The quantitative estimate of drug-likeness (QED) is 0.623. The summed E-state index contributed by atoms with van der Waals surface area (Å²) in [5.74, 6) is -0.442. The highest BCUT2D eigenvalue weighted by Gasteiger charge is 2.52. The number of ether oxygens (including phenoxy) is 1. The Balaban J connectivity index is 2.11. The fourth-order valence-corrected chi connectivity index (χ4v) is 2.38. The maximum Gasteiger partial charge on any atom is 0.498 e. The van der Waals surface area contributed by atoms with Gasteiger partial charge in [0.05, 0.1) is 23.9 Å². The van der Waals surface area contributed by atoms with E-state index < -0.39 is 24.3 Å². The molecule has 0 spiro atoms. The summed E-state index contributed by atoms with van der Waals surface area (Å²) in [5.41, 5.74) is 1.16. The molecule has 22 heavy (non-hydrogen) atoms. The average Bonchev–Trinajstić information content (AvgIpc) is 2.99. The Morgan fingerprint density at radius 2 is 1.82 bits per heavy atom. The fourth-order valence-electron chi connectivity index (χ4n) is 2.38. The average molecular weight is 303 g/mol. The number of carbonyl (C=O) groups excluding carboxylic acids is 1. The van der Waals surface area contributed by atoms with Gasteiger partial charge in [0.2, 0.25) is 0 Å². The molecule has 7 heteroatoms. The van der Waals surface area contributed by atoms with Crippen molar-refractivity contribution in [2.75, 3.05) is 7.11 Å². The normalized spacial score (nSPS) is 19.6. The highest BCUT2D eigenvalue weighted by atomic mass is 16.7. The van der Waals surface area contributed by atoms with Crippen LogP contribution in [0.5, 0.6) is 0 Å². The molecule has 2 aromatic rings. The van der Waals surface area contributed by atoms with E-state index >= 15 is 0 Å². The SMILES string of the molecule is COC(=O)c1cc(B2OC(C)(C)C(C)(C)O2)c2ocnc2c1. The van der Waals surface area contributed by atoms with Crippen molar-refractivity contribution in [3.05, 3.63) is 24.1 Å². The van der Waals surface area contributed by atoms with Crippen LogP contribution in [0.2, 0.25) is 0 Å². The summed E-state index contributed by atoms with van der Waals surface area (Å²) in [6.07, 6.45) is 1.33. The van der Waals surface area contributed by atoms with Crippen molar-refractivity contribution in [1.29, 1.82) is 0 Å². The predicted octanol–water partition coefficient (Wildman–Crippen LogP) is 1.91. The Morgan fingerprint density at radius 1 is 1.18 bits per heavy atom. The molecule has 0 amide bonds. The largest absolute Gasteiger partial charge is 0.498 e. The number of fused-ring (bicyclic) bond motifs is 1. The summed E-state index contributed by atoms with van der Waals surface area (Å²) in [4.78, 5) is 16.0. The molecule has 1 aromatic carbocycles. The summed E-state index contributed by atoms with van der Waals surface area (Å²) < 4.78 is 22.3. The van der Waals surface area contributed by atoms with Gasteiger partial charge in [0.1, 0.15) is 5.52 Å². The van der Waals surface area contributed by atoms with Gasteiger partial charge in [-0.1, -0.05) is 0 Å². The summed E-state index contributed by atoms with van der Waals surface area (Å²) in [7, 11) is 0.703. The van der Waals surface area contributed by atoms with Crippen LogP contribution in [0, 0.1) is 0 Å². The van der Waals surface area contributed by atoms with Gasteiger partial charge in [-0.25, -0.2) is 9.78 Å². The predicted molar refractivity (Wildman–Crippen MR) is 81.1 cm³/mol. The van der Waals surface area contributed by atoms with Crippen LogP contribution in [0.1, 0.15) is 38.1 Å². The molecule has 0 N–H and O–H groups in total. The van der Waals surface area contributed by atoms with E-state index in [2.05, 4.69) is 4.98 Å². The smallest absolute Gasteiger partial charge is 0.465 e. The molecular weight excluding hydrogens is 285 g/mol. The zero-order valence-electron chi connectivity index (χ0n) is 13.3. The monoisotopic (exact) mass is 303 g/mol. The van der Waals surface area contributed by atoms with E-state index in [1.807, 2.05) is 27.7 Å². The molecule has 0 aliphatic carbocycles. The van der Waals surface area contributed by atoms with Crippen molar-refractivity contribution in [2.24, 2.45) is 0 Å². The second kappa shape index (κ2) is 4.82. The molecule has 116 valence electrons. The van der Waals surface area contributed by atoms with Gasteiger partial charge in [0.25, 0.3) is 0 Å². The van der Waals surface area contributed by atoms with E-state index in [-0.39, 0.29) is 0 Å². The minimum Gasteiger partial charge on any atom is -0.465 e. The van der Waals surface area contributed by atoms with E-state index in [0.717, 1.165) is 0 Å². The number of carbonyl (C=O) groups is 1. The van der Waals surface area contributed by atoms with Gasteiger partial charge in [-0.3, -0.25) is 0 Å². The van der Waals surface area contributed by atoms with Crippen molar-refractivity contribution in [3.63, 3.8) is 0 Å². The third-order valence-corrected chi connectivity index (χ3v) is 4.39. The highest BCUT2D eigenvalue weighted by molar-refractivity contribution is 6.64. The summed E-state index contributed by atoms with van der Waals surface area (Å²) in [5, 5.41) is 0. The molecule has 3 rings (SSSR count). The lowest BCUT2D eigenvalue weighted by Crippen LogP contribution is -2.41. The Kier molecular flexibility index (Phi) is 3.30. The molecule has 1 aromatic heterocycles. The first-order valence-electron chi connectivity index (χ1n) is 7.06. The lowest BCUT2D eigenvalue weighted by atomic mass is 9.77. The molecule has 1 aliphatic heterocycles. The molecule has 0 bridgehead atoms. The number of oxazole rings is 1. The Bertz CT molecular complexity index is 721. The Morgan fingerprint density at radius 3 is 2.41 bits per heavy atom. The molecule has 6 nitrogen and oxygen atoms in total. The van der Waals surface area contributed by atoms with Crippen LogP contribution in [0.4, 0.5) is 0 Å². The third kappa shape index (κ3) is 2.21. The molecule has 1 saturated heterocycles. The van der Waals surface area contributed by atoms with Crippen LogP contribution in [-0.2, 0) is 14.0 Å². The number of esters is 1. The van der Waals surface area contributed by atoms with Crippen molar-refractivity contribution < 1.29 is 23.3 Å². The van der Waals surface area contributed by atoms with E-state index in [0.29, 0.717) is 22.1 Å². The van der Waals surface area contributed by atoms with E-state index in [4.69, 9.17) is 18.5 Å². The van der Waals surface area contributed by atoms with Crippen molar-refractivity contribution in [2.45, 2.75) is 38.9 Å². The zero-order chi connectivity index (χ0) is 16.1. The number of hydrogen-bond donors (Lipinski definition) is 0. The maximum atomic E-state index is 11.8. The number of nitrogens with zero attached hydrogens (tertiary/aromatic N) is 1. The van der Waals surface area contributed by atoms with Gasteiger partial charge in [0.15, 0.2) is 12.0 Å². The summed E-state index contributed by atoms with van der Waals surface area (Å²) >= 11 is 0. The molecule has 1 fully saturated rings. The molecule has 2 heterocycles. The van der Waals surface area contributed by atoms with Crippen LogP contribution >= 0.6 is 0 Å². The number of benzene rings is 1. The van der Waals surface area contributed by atoms with Crippen molar-refractivity contribution >= 4 is 29.7 Å². The number of methoxy groups -OCH3 is 1. The fraction of sp³-hybridized carbons (Fsp3) is 0.467. The van der Waals surface area contributed by atoms with Gasteiger partial charge in [-0.2, -0.15) is 0 Å². The molecule has 0 atom stereocenters. The van der Waals surface area contributed by atoms with Crippen LogP contribution in [0.15, 0.2) is 22.9 Å². The number of hydrogen-bond acceptors (Lipinski definition) is 6. The topological polar surface area (TPSA) is 70.8 Å². The van der Waals surface area contributed by atoms with Gasteiger partial charge >= 0.3 is 13.1 Å². The zero-order valence-corrected chi connectivity index (χ0v) is 13.3. The lowest BCUT2D eigenvalue weighted by molar-refractivity contribution is 0.00578. The first kappa shape index (κ1) is 15.1. The number of rotatable bonds is 2. The standard InChI is InChI=1S/C15H18BNO5/c1-14(2)15(3,4)22-16(21-14)10-6-9(13(18)19-5)7-11-12(10)20-8-17-11/h6-8H,1-5H3. The second-order valence-corrected chi connectivity index (χ2v) is 6.35. The van der Waals surface area contributed by atoms with E-state index in [1.165, 1.54) is 13.5 Å². The van der Waals surface area contributed by atoms with Crippen LogP contribution in [0.25, 0.3) is 11.1 Å². The molecule has 0 unspecified atom stereocenters. The summed E-state index contributed by atoms with van der Waals surface area (Å²) in [6, 6.07) is 3.29. The van der Waals surface area contributed by atoms with Gasteiger partial charge in [-0.05, 0) is 39.8 Å². The van der Waals surface area contributed by atoms with Gasteiger partial charge < -0.3 is 18.5 Å². The van der Waals surface area contributed by atoms with Gasteiger partial charge in [-0.15, -0.1) is 0 Å². The lowest BCUT2D eigenvalue weighted by Gasteiger charge is -2.32. The van der Waals surface area contributed by atoms with Gasteiger partial charge in [0, 0.05) is 5.46 Å². The van der Waals surface area contributed by atoms with Crippen LogP contribution in [0.3, 0.4) is 0 Å². The molecule has 0 radical (unpaired) electrons. The second-order valence-electron chi connectivity index (χ2n) is 6.35. The minimum atomic E-state index is -0.634. The minimum absolute atomic E-state index is 0.383. The first-order valence-corrected chi connectivity index (χ1v) is 7.06. The van der Waals surface area contributed by atoms with Crippen LogP contribution in [-0.4, -0.2) is 36.4 Å². The van der Waals surface area contributed by atoms with Crippen molar-refractivity contribution in [3.8, 4) is 0 Å². The Hall–Kier alpha value is -1.86. The molecule has 0 saturated carbocycles. The summed E-state index contributed by atoms with van der Waals surface area (Å²) in [6.45, 7) is 7.87. The maximum absolute atomic E-state index is 11.8.